The molecule has 74 valence electrons. The molecule has 1 aliphatic rings. The fourth-order valence-electron chi connectivity index (χ4n) is 1.80. The van der Waals surface area contributed by atoms with E-state index in [1.807, 2.05) is 0 Å². The summed E-state index contributed by atoms with van der Waals surface area (Å²) in [5.41, 5.74) is -0.661. The zero-order chi connectivity index (χ0) is 10.1. The smallest absolute Gasteiger partial charge is 0.141 e. The van der Waals surface area contributed by atoms with Crippen LogP contribution in [0.1, 0.15) is 39.5 Å². The number of rotatable bonds is 3. The Balaban J connectivity index is 2.62. The first kappa shape index (κ1) is 10.4. The number of aliphatic hydroxyl groups is 1. The molecule has 3 nitrogen and oxygen atoms in total. The minimum absolute atomic E-state index is 0.0770. The maximum Gasteiger partial charge on any atom is 0.141 e. The van der Waals surface area contributed by atoms with Gasteiger partial charge in [-0.2, -0.15) is 0 Å². The van der Waals surface area contributed by atoms with Crippen LogP contribution in [0.4, 0.5) is 0 Å². The number of Topliss-reactive ketones (excluding diaryl/α,β-unsaturated/α-hetero) is 2. The van der Waals surface area contributed by atoms with Gasteiger partial charge in [0.15, 0.2) is 0 Å². The molecule has 0 spiro atoms. The first-order chi connectivity index (χ1) is 5.97. The van der Waals surface area contributed by atoms with Crippen LogP contribution in [0, 0.1) is 5.41 Å². The number of hydrogen-bond donors (Lipinski definition) is 1. The molecule has 0 aromatic carbocycles. The van der Waals surface area contributed by atoms with Crippen LogP contribution < -0.4 is 0 Å². The molecule has 1 N–H and O–H groups in total. The zero-order valence-electron chi connectivity index (χ0n) is 8.17. The summed E-state index contributed by atoms with van der Waals surface area (Å²) in [7, 11) is 0. The van der Waals surface area contributed by atoms with Crippen molar-refractivity contribution in [2.24, 2.45) is 5.41 Å². The van der Waals surface area contributed by atoms with Crippen LogP contribution in [0.15, 0.2) is 0 Å². The maximum absolute atomic E-state index is 11.4. The van der Waals surface area contributed by atoms with Crippen LogP contribution >= 0.6 is 0 Å². The van der Waals surface area contributed by atoms with Crippen LogP contribution in [0.3, 0.4) is 0 Å². The number of carbonyl (C=O) groups excluding carboxylic acids is 2. The summed E-state index contributed by atoms with van der Waals surface area (Å²) < 4.78 is 0. The van der Waals surface area contributed by atoms with E-state index in [0.29, 0.717) is 25.7 Å². The number of hydrogen-bond acceptors (Lipinski definition) is 3. The molecule has 1 rings (SSSR count). The van der Waals surface area contributed by atoms with E-state index in [1.54, 1.807) is 6.92 Å². The third kappa shape index (κ3) is 1.97. The summed E-state index contributed by atoms with van der Waals surface area (Å²) in [5.74, 6) is 0.175. The maximum atomic E-state index is 11.4. The van der Waals surface area contributed by atoms with Gasteiger partial charge in [-0.25, -0.2) is 0 Å². The summed E-state index contributed by atoms with van der Waals surface area (Å²) in [6.07, 6.45) is 1.32. The van der Waals surface area contributed by atoms with Crippen molar-refractivity contribution in [1.82, 2.24) is 0 Å². The first-order valence-electron chi connectivity index (χ1n) is 4.67. The average molecular weight is 184 g/mol. The molecule has 2 atom stereocenters. The molecule has 1 aliphatic carbocycles. The molecule has 0 saturated heterocycles. The van der Waals surface area contributed by atoms with E-state index in [4.69, 9.17) is 0 Å². The topological polar surface area (TPSA) is 54.4 Å². The second-order valence-electron chi connectivity index (χ2n) is 4.10. The van der Waals surface area contributed by atoms with E-state index in [2.05, 4.69) is 0 Å². The predicted octanol–water partition coefficient (Wildman–Crippen LogP) is 1.09. The Bertz CT molecular complexity index is 234. The van der Waals surface area contributed by atoms with Gasteiger partial charge in [0.05, 0.1) is 11.5 Å². The Hall–Kier alpha value is -0.700. The molecule has 13 heavy (non-hydrogen) atoms. The molecular formula is C10H16O3. The molecule has 0 aliphatic heterocycles. The number of ketones is 2. The second-order valence-corrected chi connectivity index (χ2v) is 4.10. The lowest BCUT2D eigenvalue weighted by Gasteiger charge is -2.25. The van der Waals surface area contributed by atoms with Gasteiger partial charge in [-0.3, -0.25) is 4.79 Å². The minimum Gasteiger partial charge on any atom is -0.392 e. The molecule has 0 aromatic rings. The van der Waals surface area contributed by atoms with Gasteiger partial charge in [0.2, 0.25) is 0 Å². The molecular weight excluding hydrogens is 168 g/mol. The van der Waals surface area contributed by atoms with Gasteiger partial charge in [0.1, 0.15) is 11.6 Å². The van der Waals surface area contributed by atoms with E-state index in [9.17, 15) is 14.7 Å². The van der Waals surface area contributed by atoms with Gasteiger partial charge < -0.3 is 9.90 Å². The van der Waals surface area contributed by atoms with Crippen LogP contribution in [0.2, 0.25) is 0 Å². The van der Waals surface area contributed by atoms with Crippen LogP contribution in [-0.2, 0) is 9.59 Å². The molecule has 0 bridgehead atoms. The van der Waals surface area contributed by atoms with E-state index in [-0.39, 0.29) is 11.6 Å². The zero-order valence-corrected chi connectivity index (χ0v) is 8.17. The van der Waals surface area contributed by atoms with Crippen molar-refractivity contribution in [2.75, 3.05) is 0 Å². The van der Waals surface area contributed by atoms with Gasteiger partial charge in [0, 0.05) is 12.8 Å². The fraction of sp³-hybridized carbons (Fsp3) is 0.800. The Morgan fingerprint density at radius 3 is 2.69 bits per heavy atom. The van der Waals surface area contributed by atoms with Gasteiger partial charge >= 0.3 is 0 Å². The molecule has 0 aromatic heterocycles. The molecule has 0 amide bonds. The summed E-state index contributed by atoms with van der Waals surface area (Å²) in [6, 6.07) is 0. The number of carbonyl (C=O) groups is 2. The van der Waals surface area contributed by atoms with E-state index in [0.717, 1.165) is 0 Å². The molecule has 0 heterocycles. The molecule has 1 saturated carbocycles. The Morgan fingerprint density at radius 2 is 2.31 bits per heavy atom. The summed E-state index contributed by atoms with van der Waals surface area (Å²) in [5, 5.41) is 9.60. The van der Waals surface area contributed by atoms with Crippen molar-refractivity contribution in [1.29, 1.82) is 0 Å². The highest BCUT2D eigenvalue weighted by Crippen LogP contribution is 2.38. The lowest BCUT2D eigenvalue weighted by molar-refractivity contribution is -0.129. The van der Waals surface area contributed by atoms with Crippen molar-refractivity contribution >= 4 is 11.6 Å². The monoisotopic (exact) mass is 184 g/mol. The highest BCUT2D eigenvalue weighted by Gasteiger charge is 2.44. The van der Waals surface area contributed by atoms with Gasteiger partial charge in [-0.05, 0) is 19.8 Å². The van der Waals surface area contributed by atoms with E-state index in [1.165, 1.54) is 6.92 Å². The lowest BCUT2D eigenvalue weighted by atomic mass is 9.80. The standard InChI is InChI=1S/C10H16O3/c1-7(11)5-6-10(2)8(12)3-4-9(10)13/h8,12H,3-6H2,1-2H3/t8-,10+/m0/s1. The minimum atomic E-state index is -0.661. The first-order valence-corrected chi connectivity index (χ1v) is 4.67. The highest BCUT2D eigenvalue weighted by molar-refractivity contribution is 5.88. The summed E-state index contributed by atoms with van der Waals surface area (Å²) >= 11 is 0. The quantitative estimate of drug-likeness (QED) is 0.714. The summed E-state index contributed by atoms with van der Waals surface area (Å²) in [4.78, 5) is 22.2. The van der Waals surface area contributed by atoms with Gasteiger partial charge in [0.25, 0.3) is 0 Å². The Kier molecular flexibility index (Phi) is 2.86. The molecule has 0 radical (unpaired) electrons. The van der Waals surface area contributed by atoms with Crippen LogP contribution in [0.25, 0.3) is 0 Å². The van der Waals surface area contributed by atoms with Crippen LogP contribution in [0.5, 0.6) is 0 Å². The van der Waals surface area contributed by atoms with Crippen LogP contribution in [-0.4, -0.2) is 22.8 Å². The Labute approximate surface area is 78.1 Å². The third-order valence-electron chi connectivity index (χ3n) is 3.01. The third-order valence-corrected chi connectivity index (χ3v) is 3.01. The summed E-state index contributed by atoms with van der Waals surface area (Å²) in [6.45, 7) is 3.27. The van der Waals surface area contributed by atoms with Crippen molar-refractivity contribution < 1.29 is 14.7 Å². The number of aliphatic hydroxyl groups excluding tert-OH is 1. The van der Waals surface area contributed by atoms with E-state index < -0.39 is 11.5 Å². The highest BCUT2D eigenvalue weighted by atomic mass is 16.3. The molecule has 1 fully saturated rings. The largest absolute Gasteiger partial charge is 0.392 e. The predicted molar refractivity (Wildman–Crippen MR) is 48.3 cm³/mol. The average Bonchev–Trinajstić information content (AvgIpc) is 2.31. The normalized spacial score (nSPS) is 33.8. The fourth-order valence-corrected chi connectivity index (χ4v) is 1.80. The van der Waals surface area contributed by atoms with Gasteiger partial charge in [-0.15, -0.1) is 0 Å². The van der Waals surface area contributed by atoms with Crippen molar-refractivity contribution in [2.45, 2.75) is 45.6 Å². The van der Waals surface area contributed by atoms with Gasteiger partial charge in [-0.1, -0.05) is 6.92 Å². The van der Waals surface area contributed by atoms with Crippen molar-refractivity contribution in [3.63, 3.8) is 0 Å². The Morgan fingerprint density at radius 1 is 1.69 bits per heavy atom. The van der Waals surface area contributed by atoms with E-state index >= 15 is 0 Å². The SMILES string of the molecule is CC(=O)CC[C@@]1(C)C(=O)CC[C@@H]1O. The molecule has 3 heteroatoms. The second kappa shape index (κ2) is 3.58. The molecule has 0 unspecified atom stereocenters. The lowest BCUT2D eigenvalue weighted by Crippen LogP contribution is -2.33. The van der Waals surface area contributed by atoms with Crippen molar-refractivity contribution in [3.05, 3.63) is 0 Å². The van der Waals surface area contributed by atoms with Crippen molar-refractivity contribution in [3.8, 4) is 0 Å².